The average molecular weight is 262 g/mol. The summed E-state index contributed by atoms with van der Waals surface area (Å²) >= 11 is 3.34. The molecule has 5 nitrogen and oxygen atoms in total. The van der Waals surface area contributed by atoms with E-state index in [2.05, 4.69) is 31.1 Å². The fraction of sp³-hybridized carbons (Fsp3) is 0.500. The summed E-state index contributed by atoms with van der Waals surface area (Å²) in [5, 5.41) is 7.16. The van der Waals surface area contributed by atoms with Crippen LogP contribution in [0.4, 0.5) is 5.82 Å². The second-order valence-electron chi connectivity index (χ2n) is 2.75. The zero-order valence-electron chi connectivity index (χ0n) is 8.08. The third kappa shape index (κ3) is 3.02. The van der Waals surface area contributed by atoms with Gasteiger partial charge < -0.3 is 10.1 Å². The molecule has 0 amide bonds. The van der Waals surface area contributed by atoms with E-state index in [0.717, 1.165) is 10.3 Å². The minimum absolute atomic E-state index is 0.232. The Balaban J connectivity index is 2.38. The van der Waals surface area contributed by atoms with Crippen LogP contribution in [0.15, 0.2) is 10.7 Å². The van der Waals surface area contributed by atoms with Crippen molar-refractivity contribution in [3.8, 4) is 0 Å². The van der Waals surface area contributed by atoms with Crippen LogP contribution in [0.1, 0.15) is 6.42 Å². The maximum Gasteiger partial charge on any atom is 0.307 e. The number of halogens is 1. The molecule has 0 aromatic carbocycles. The van der Waals surface area contributed by atoms with Crippen molar-refractivity contribution < 1.29 is 9.53 Å². The van der Waals surface area contributed by atoms with Crippen molar-refractivity contribution in [2.45, 2.75) is 6.42 Å². The van der Waals surface area contributed by atoms with E-state index in [-0.39, 0.29) is 5.97 Å². The van der Waals surface area contributed by atoms with Gasteiger partial charge in [0.1, 0.15) is 0 Å². The summed E-state index contributed by atoms with van der Waals surface area (Å²) in [4.78, 5) is 10.8. The fourth-order valence-corrected chi connectivity index (χ4v) is 1.48. The molecule has 78 valence electrons. The van der Waals surface area contributed by atoms with Gasteiger partial charge in [-0.05, 0) is 15.9 Å². The van der Waals surface area contributed by atoms with Crippen LogP contribution in [0, 0.1) is 0 Å². The van der Waals surface area contributed by atoms with Gasteiger partial charge in [-0.3, -0.25) is 9.48 Å². The number of hydrogen-bond donors (Lipinski definition) is 1. The maximum atomic E-state index is 10.8. The van der Waals surface area contributed by atoms with Crippen molar-refractivity contribution in [2.75, 3.05) is 19.0 Å². The molecule has 14 heavy (non-hydrogen) atoms. The van der Waals surface area contributed by atoms with Crippen LogP contribution in [-0.2, 0) is 16.6 Å². The Morgan fingerprint density at radius 3 is 3.00 bits per heavy atom. The molecule has 1 heterocycles. The fourth-order valence-electron chi connectivity index (χ4n) is 0.964. The molecule has 1 rings (SSSR count). The Hall–Kier alpha value is -1.04. The van der Waals surface area contributed by atoms with E-state index in [9.17, 15) is 4.79 Å². The molecular weight excluding hydrogens is 250 g/mol. The molecule has 0 unspecified atom stereocenters. The van der Waals surface area contributed by atoms with Crippen molar-refractivity contribution in [1.82, 2.24) is 9.78 Å². The molecule has 0 aliphatic carbocycles. The predicted molar refractivity (Wildman–Crippen MR) is 56.0 cm³/mol. The number of carbonyl (C=O) groups excluding carboxylic acids is 1. The number of nitrogens with one attached hydrogen (secondary N) is 1. The van der Waals surface area contributed by atoms with Gasteiger partial charge in [-0.15, -0.1) is 0 Å². The summed E-state index contributed by atoms with van der Waals surface area (Å²) in [5.74, 6) is 0.501. The van der Waals surface area contributed by atoms with Crippen molar-refractivity contribution in [2.24, 2.45) is 7.05 Å². The molecule has 0 saturated heterocycles. The van der Waals surface area contributed by atoms with Crippen LogP contribution in [-0.4, -0.2) is 29.4 Å². The Bertz CT molecular complexity index is 324. The summed E-state index contributed by atoms with van der Waals surface area (Å²) in [5.41, 5.74) is 0. The predicted octanol–water partition coefficient (Wildman–Crippen LogP) is 1.16. The number of esters is 1. The number of nitrogens with zero attached hydrogens (tertiary/aromatic N) is 2. The molecule has 0 radical (unpaired) electrons. The summed E-state index contributed by atoms with van der Waals surface area (Å²) in [6.45, 7) is 0.516. The SMILES string of the molecule is COC(=O)CCNc1nn(C)cc1Br. The molecule has 0 bridgehead atoms. The quantitative estimate of drug-likeness (QED) is 0.827. The van der Waals surface area contributed by atoms with Gasteiger partial charge in [-0.1, -0.05) is 0 Å². The number of carbonyl (C=O) groups is 1. The van der Waals surface area contributed by atoms with Crippen LogP contribution in [0.3, 0.4) is 0 Å². The van der Waals surface area contributed by atoms with Crippen LogP contribution in [0.2, 0.25) is 0 Å². The number of methoxy groups -OCH3 is 1. The monoisotopic (exact) mass is 261 g/mol. The van der Waals surface area contributed by atoms with Crippen molar-refractivity contribution in [3.05, 3.63) is 10.7 Å². The zero-order valence-corrected chi connectivity index (χ0v) is 9.67. The van der Waals surface area contributed by atoms with Gasteiger partial charge in [0, 0.05) is 19.8 Å². The molecule has 1 N–H and O–H groups in total. The number of anilines is 1. The van der Waals surface area contributed by atoms with Gasteiger partial charge in [-0.2, -0.15) is 5.10 Å². The average Bonchev–Trinajstić information content (AvgIpc) is 2.45. The molecule has 6 heteroatoms. The van der Waals surface area contributed by atoms with E-state index >= 15 is 0 Å². The smallest absolute Gasteiger partial charge is 0.307 e. The molecule has 1 aromatic rings. The Morgan fingerprint density at radius 1 is 1.79 bits per heavy atom. The number of aromatic nitrogens is 2. The normalized spacial score (nSPS) is 9.93. The van der Waals surface area contributed by atoms with Crippen LogP contribution < -0.4 is 5.32 Å². The number of aryl methyl sites for hydroxylation is 1. The van der Waals surface area contributed by atoms with Crippen LogP contribution >= 0.6 is 15.9 Å². The van der Waals surface area contributed by atoms with Crippen LogP contribution in [0.5, 0.6) is 0 Å². The van der Waals surface area contributed by atoms with Crippen molar-refractivity contribution in [3.63, 3.8) is 0 Å². The van der Waals surface area contributed by atoms with E-state index in [1.54, 1.807) is 4.68 Å². The first-order valence-corrected chi connectivity index (χ1v) is 4.92. The van der Waals surface area contributed by atoms with Crippen LogP contribution in [0.25, 0.3) is 0 Å². The first-order chi connectivity index (χ1) is 6.63. The minimum atomic E-state index is -0.232. The number of ether oxygens (including phenoxy) is 1. The second-order valence-corrected chi connectivity index (χ2v) is 3.61. The topological polar surface area (TPSA) is 56.1 Å². The largest absolute Gasteiger partial charge is 0.469 e. The van der Waals surface area contributed by atoms with E-state index in [1.165, 1.54) is 7.11 Å². The van der Waals surface area contributed by atoms with Gasteiger partial charge in [0.05, 0.1) is 18.0 Å². The summed E-state index contributed by atoms with van der Waals surface area (Å²) in [7, 11) is 3.20. The zero-order chi connectivity index (χ0) is 10.6. The van der Waals surface area contributed by atoms with E-state index in [4.69, 9.17) is 0 Å². The minimum Gasteiger partial charge on any atom is -0.469 e. The lowest BCUT2D eigenvalue weighted by molar-refractivity contribution is -0.140. The van der Waals surface area contributed by atoms with Crippen molar-refractivity contribution >= 4 is 27.7 Å². The molecule has 0 aliphatic rings. The maximum absolute atomic E-state index is 10.8. The standard InChI is InChI=1S/C8H12BrN3O2/c1-12-5-6(9)8(11-12)10-4-3-7(13)14-2/h5H,3-4H2,1-2H3,(H,10,11). The van der Waals surface area contributed by atoms with Gasteiger partial charge in [0.25, 0.3) is 0 Å². The highest BCUT2D eigenvalue weighted by Crippen LogP contribution is 2.18. The number of hydrogen-bond acceptors (Lipinski definition) is 4. The lowest BCUT2D eigenvalue weighted by Gasteiger charge is -2.01. The van der Waals surface area contributed by atoms with Gasteiger partial charge in [0.15, 0.2) is 5.82 Å². The highest BCUT2D eigenvalue weighted by molar-refractivity contribution is 9.10. The van der Waals surface area contributed by atoms with Gasteiger partial charge >= 0.3 is 5.97 Å². The highest BCUT2D eigenvalue weighted by atomic mass is 79.9. The lowest BCUT2D eigenvalue weighted by Crippen LogP contribution is -2.10. The lowest BCUT2D eigenvalue weighted by atomic mass is 10.4. The molecule has 0 fully saturated rings. The molecule has 0 aliphatic heterocycles. The second kappa shape index (κ2) is 4.99. The Kier molecular flexibility index (Phi) is 3.94. The van der Waals surface area contributed by atoms with E-state index in [1.807, 2.05) is 13.2 Å². The van der Waals surface area contributed by atoms with Gasteiger partial charge in [-0.25, -0.2) is 0 Å². The first-order valence-electron chi connectivity index (χ1n) is 4.13. The molecular formula is C8H12BrN3O2. The first kappa shape index (κ1) is 11.0. The van der Waals surface area contributed by atoms with E-state index in [0.29, 0.717) is 13.0 Å². The third-order valence-electron chi connectivity index (χ3n) is 1.63. The van der Waals surface area contributed by atoms with E-state index < -0.39 is 0 Å². The number of rotatable bonds is 4. The highest BCUT2D eigenvalue weighted by Gasteiger charge is 2.05. The summed E-state index contributed by atoms with van der Waals surface area (Å²) in [6, 6.07) is 0. The molecule has 0 atom stereocenters. The van der Waals surface area contributed by atoms with Gasteiger partial charge in [0.2, 0.25) is 0 Å². The summed E-state index contributed by atoms with van der Waals surface area (Å²) in [6.07, 6.45) is 2.17. The Morgan fingerprint density at radius 2 is 2.50 bits per heavy atom. The Labute approximate surface area is 90.6 Å². The summed E-state index contributed by atoms with van der Waals surface area (Å²) < 4.78 is 7.07. The third-order valence-corrected chi connectivity index (χ3v) is 2.21. The molecule has 1 aromatic heterocycles. The van der Waals surface area contributed by atoms with Crippen molar-refractivity contribution in [1.29, 1.82) is 0 Å². The molecule has 0 spiro atoms. The molecule has 0 saturated carbocycles.